The number of rotatable bonds is 3. The van der Waals surface area contributed by atoms with Crippen molar-refractivity contribution in [1.82, 2.24) is 14.9 Å². The number of carbonyl (C=O) groups excluding carboxylic acids is 1. The molecule has 7 heteroatoms. The number of amides is 1. The van der Waals surface area contributed by atoms with Crippen molar-refractivity contribution in [2.24, 2.45) is 7.05 Å². The van der Waals surface area contributed by atoms with Gasteiger partial charge in [-0.15, -0.1) is 0 Å². The Bertz CT molecular complexity index is 701. The number of benzene rings is 1. The largest absolute Gasteiger partial charge is 0.368 e. The molecule has 0 saturated carbocycles. The minimum Gasteiger partial charge on any atom is -0.368 e. The molecule has 0 bridgehead atoms. The van der Waals surface area contributed by atoms with Crippen LogP contribution in [0.3, 0.4) is 0 Å². The third-order valence-corrected chi connectivity index (χ3v) is 4.25. The highest BCUT2D eigenvalue weighted by molar-refractivity contribution is 6.36. The number of hydrogen-bond acceptors (Lipinski definition) is 3. The smallest absolute Gasteiger partial charge is 0.271 e. The summed E-state index contributed by atoms with van der Waals surface area (Å²) in [5.41, 5.74) is 1.38. The lowest BCUT2D eigenvalue weighted by molar-refractivity contribution is 0.0936. The summed E-state index contributed by atoms with van der Waals surface area (Å²) >= 11 is 12.2. The molecule has 1 N–H and O–H groups in total. The van der Waals surface area contributed by atoms with Gasteiger partial charge in [0.25, 0.3) is 5.91 Å². The Kier molecular flexibility index (Phi) is 4.27. The van der Waals surface area contributed by atoms with Crippen LogP contribution in [-0.4, -0.2) is 34.6 Å². The molecule has 1 saturated heterocycles. The molecule has 1 fully saturated rings. The van der Waals surface area contributed by atoms with Crippen molar-refractivity contribution in [2.45, 2.75) is 12.5 Å². The standard InChI is InChI=1S/C15H16Cl2N4O/c1-20-8-13(18-9-20)15(22)19-11-4-5-21(7-11)14-3-2-10(16)6-12(14)17/h2-3,6,8-9,11H,4-5,7H2,1H3,(H,19,22). The summed E-state index contributed by atoms with van der Waals surface area (Å²) in [7, 11) is 1.84. The van der Waals surface area contributed by atoms with Gasteiger partial charge in [-0.25, -0.2) is 4.98 Å². The molecule has 1 amide bonds. The average Bonchev–Trinajstić information content (AvgIpc) is 3.08. The lowest BCUT2D eigenvalue weighted by Crippen LogP contribution is -2.37. The molecular weight excluding hydrogens is 323 g/mol. The Morgan fingerprint density at radius 1 is 1.41 bits per heavy atom. The predicted molar refractivity (Wildman–Crippen MR) is 87.8 cm³/mol. The maximum atomic E-state index is 12.1. The Morgan fingerprint density at radius 2 is 2.23 bits per heavy atom. The van der Waals surface area contributed by atoms with Gasteiger partial charge in [-0.3, -0.25) is 4.79 Å². The van der Waals surface area contributed by atoms with Crippen LogP contribution in [0.15, 0.2) is 30.7 Å². The van der Waals surface area contributed by atoms with Crippen LogP contribution in [0, 0.1) is 0 Å². The first-order chi connectivity index (χ1) is 10.5. The van der Waals surface area contributed by atoms with Crippen LogP contribution in [0.25, 0.3) is 0 Å². The zero-order valence-corrected chi connectivity index (χ0v) is 13.6. The molecule has 3 rings (SSSR count). The Morgan fingerprint density at radius 3 is 2.91 bits per heavy atom. The van der Waals surface area contributed by atoms with Gasteiger partial charge < -0.3 is 14.8 Å². The van der Waals surface area contributed by atoms with E-state index < -0.39 is 0 Å². The summed E-state index contributed by atoms with van der Waals surface area (Å²) in [4.78, 5) is 18.3. The number of halogens is 2. The van der Waals surface area contributed by atoms with Crippen molar-refractivity contribution in [3.63, 3.8) is 0 Å². The van der Waals surface area contributed by atoms with Gasteiger partial charge in [0.1, 0.15) is 5.69 Å². The third-order valence-electron chi connectivity index (χ3n) is 3.71. The van der Waals surface area contributed by atoms with E-state index >= 15 is 0 Å². The van der Waals surface area contributed by atoms with E-state index in [1.165, 1.54) is 0 Å². The van der Waals surface area contributed by atoms with Crippen LogP contribution in [-0.2, 0) is 7.05 Å². The summed E-state index contributed by atoms with van der Waals surface area (Å²) in [6.07, 6.45) is 4.19. The SMILES string of the molecule is Cn1cnc(C(=O)NC2CCN(c3ccc(Cl)cc3Cl)C2)c1. The lowest BCUT2D eigenvalue weighted by Gasteiger charge is -2.20. The zero-order valence-electron chi connectivity index (χ0n) is 12.1. The molecule has 1 aliphatic rings. The molecule has 22 heavy (non-hydrogen) atoms. The van der Waals surface area contributed by atoms with Gasteiger partial charge in [-0.2, -0.15) is 0 Å². The number of anilines is 1. The van der Waals surface area contributed by atoms with E-state index in [0.717, 1.165) is 25.2 Å². The molecule has 116 valence electrons. The van der Waals surface area contributed by atoms with E-state index in [2.05, 4.69) is 15.2 Å². The molecule has 1 aliphatic heterocycles. The van der Waals surface area contributed by atoms with Gasteiger partial charge in [0.2, 0.25) is 0 Å². The number of nitrogens with one attached hydrogen (secondary N) is 1. The molecule has 0 aliphatic carbocycles. The fraction of sp³-hybridized carbons (Fsp3) is 0.333. The molecular formula is C15H16Cl2N4O. The van der Waals surface area contributed by atoms with E-state index in [0.29, 0.717) is 15.7 Å². The minimum atomic E-state index is -0.144. The van der Waals surface area contributed by atoms with Crippen LogP contribution >= 0.6 is 23.2 Å². The maximum absolute atomic E-state index is 12.1. The average molecular weight is 339 g/mol. The molecule has 1 aromatic heterocycles. The Hall–Kier alpha value is -1.72. The normalized spacial score (nSPS) is 17.8. The highest BCUT2D eigenvalue weighted by atomic mass is 35.5. The quantitative estimate of drug-likeness (QED) is 0.936. The summed E-state index contributed by atoms with van der Waals surface area (Å²) in [5.74, 6) is -0.144. The Balaban J connectivity index is 1.64. The van der Waals surface area contributed by atoms with Crippen molar-refractivity contribution < 1.29 is 4.79 Å². The number of carbonyl (C=O) groups is 1. The minimum absolute atomic E-state index is 0.0845. The molecule has 2 heterocycles. The number of aromatic nitrogens is 2. The summed E-state index contributed by atoms with van der Waals surface area (Å²) in [6, 6.07) is 5.55. The maximum Gasteiger partial charge on any atom is 0.271 e. The first-order valence-corrected chi connectivity index (χ1v) is 7.77. The fourth-order valence-electron chi connectivity index (χ4n) is 2.62. The molecule has 2 aromatic rings. The summed E-state index contributed by atoms with van der Waals surface area (Å²) in [5, 5.41) is 4.26. The van der Waals surface area contributed by atoms with E-state index in [1.54, 1.807) is 23.2 Å². The third kappa shape index (κ3) is 3.20. The van der Waals surface area contributed by atoms with Crippen LogP contribution in [0.5, 0.6) is 0 Å². The zero-order chi connectivity index (χ0) is 15.7. The molecule has 1 unspecified atom stereocenters. The van der Waals surface area contributed by atoms with Gasteiger partial charge in [-0.05, 0) is 24.6 Å². The monoisotopic (exact) mass is 338 g/mol. The van der Waals surface area contributed by atoms with Gasteiger partial charge in [-0.1, -0.05) is 23.2 Å². The number of hydrogen-bond donors (Lipinski definition) is 1. The van der Waals surface area contributed by atoms with Crippen molar-refractivity contribution >= 4 is 34.8 Å². The Labute approximate surface area is 138 Å². The highest BCUT2D eigenvalue weighted by Crippen LogP contribution is 2.31. The van der Waals surface area contributed by atoms with Crippen molar-refractivity contribution in [3.05, 3.63) is 46.5 Å². The number of imidazole rings is 1. The van der Waals surface area contributed by atoms with Crippen LogP contribution in [0.4, 0.5) is 5.69 Å². The van der Waals surface area contributed by atoms with Crippen molar-refractivity contribution in [3.8, 4) is 0 Å². The first kappa shape index (κ1) is 15.2. The van der Waals surface area contributed by atoms with E-state index in [9.17, 15) is 4.79 Å². The second-order valence-electron chi connectivity index (χ2n) is 5.43. The van der Waals surface area contributed by atoms with Crippen LogP contribution < -0.4 is 10.2 Å². The predicted octanol–water partition coefficient (Wildman–Crippen LogP) is 2.74. The van der Waals surface area contributed by atoms with Gasteiger partial charge in [0.15, 0.2) is 0 Å². The van der Waals surface area contributed by atoms with Crippen LogP contribution in [0.2, 0.25) is 10.0 Å². The van der Waals surface area contributed by atoms with E-state index in [1.807, 2.05) is 19.2 Å². The van der Waals surface area contributed by atoms with Gasteiger partial charge >= 0.3 is 0 Å². The first-order valence-electron chi connectivity index (χ1n) is 7.02. The summed E-state index contributed by atoms with van der Waals surface area (Å²) in [6.45, 7) is 1.56. The van der Waals surface area contributed by atoms with Gasteiger partial charge in [0.05, 0.1) is 17.0 Å². The highest BCUT2D eigenvalue weighted by Gasteiger charge is 2.26. The molecule has 0 radical (unpaired) electrons. The second-order valence-corrected chi connectivity index (χ2v) is 6.27. The second kappa shape index (κ2) is 6.18. The number of aryl methyl sites for hydroxylation is 1. The molecule has 1 atom stereocenters. The number of nitrogens with zero attached hydrogens (tertiary/aromatic N) is 3. The topological polar surface area (TPSA) is 50.2 Å². The molecule has 1 aromatic carbocycles. The van der Waals surface area contributed by atoms with E-state index in [4.69, 9.17) is 23.2 Å². The molecule has 0 spiro atoms. The summed E-state index contributed by atoms with van der Waals surface area (Å²) < 4.78 is 1.75. The lowest BCUT2D eigenvalue weighted by atomic mass is 10.2. The van der Waals surface area contributed by atoms with Gasteiger partial charge in [0, 0.05) is 37.4 Å². The van der Waals surface area contributed by atoms with Crippen molar-refractivity contribution in [1.29, 1.82) is 0 Å². The fourth-order valence-corrected chi connectivity index (χ4v) is 3.15. The van der Waals surface area contributed by atoms with Crippen molar-refractivity contribution in [2.75, 3.05) is 18.0 Å². The van der Waals surface area contributed by atoms with E-state index in [-0.39, 0.29) is 11.9 Å². The van der Waals surface area contributed by atoms with Crippen LogP contribution in [0.1, 0.15) is 16.9 Å². The molecule has 5 nitrogen and oxygen atoms in total.